The van der Waals surface area contributed by atoms with Gasteiger partial charge in [-0.05, 0) is 23.8 Å². The molecule has 0 atom stereocenters. The molecule has 3 heterocycles. The molecule has 1 aliphatic heterocycles. The number of primary amides is 1. The lowest BCUT2D eigenvalue weighted by atomic mass is 10.1. The van der Waals surface area contributed by atoms with Crippen molar-refractivity contribution in [3.05, 3.63) is 78.4 Å². The van der Waals surface area contributed by atoms with E-state index in [9.17, 15) is 9.59 Å². The average Bonchev–Trinajstić information content (AvgIpc) is 3.29. The Morgan fingerprint density at radius 2 is 1.73 bits per heavy atom. The number of amides is 2. The van der Waals surface area contributed by atoms with Gasteiger partial charge in [-0.3, -0.25) is 14.0 Å². The van der Waals surface area contributed by atoms with Crippen LogP contribution in [0.2, 0.25) is 0 Å². The molecule has 2 aromatic carbocycles. The van der Waals surface area contributed by atoms with Gasteiger partial charge in [0.25, 0.3) is 11.8 Å². The number of para-hydroxylation sites is 2. The van der Waals surface area contributed by atoms with Crippen molar-refractivity contribution in [1.29, 1.82) is 0 Å². The third-order valence-electron chi connectivity index (χ3n) is 5.54. The molecule has 5 rings (SSSR count). The zero-order valence-corrected chi connectivity index (χ0v) is 17.8. The van der Waals surface area contributed by atoms with Crippen molar-refractivity contribution in [3.8, 4) is 11.3 Å². The number of aromatic nitrogens is 3. The van der Waals surface area contributed by atoms with Gasteiger partial charge >= 0.3 is 0 Å². The third kappa shape index (κ3) is 4.01. The fourth-order valence-corrected chi connectivity index (χ4v) is 3.94. The Morgan fingerprint density at radius 1 is 1.00 bits per heavy atom. The Labute approximate surface area is 189 Å². The predicted octanol–water partition coefficient (Wildman–Crippen LogP) is 2.58. The van der Waals surface area contributed by atoms with Crippen LogP contribution in [0.15, 0.2) is 67.0 Å². The number of benzene rings is 2. The van der Waals surface area contributed by atoms with Crippen molar-refractivity contribution in [2.75, 3.05) is 36.5 Å². The Kier molecular flexibility index (Phi) is 5.45. The lowest BCUT2D eigenvalue weighted by Crippen LogP contribution is -2.36. The van der Waals surface area contributed by atoms with Gasteiger partial charge in [0.15, 0.2) is 11.3 Å². The first-order valence-electron chi connectivity index (χ1n) is 10.6. The normalized spacial score (nSPS) is 13.8. The number of carbonyl (C=O) groups is 2. The quantitative estimate of drug-likeness (QED) is 0.491. The first-order valence-corrected chi connectivity index (χ1v) is 10.6. The maximum absolute atomic E-state index is 13.3. The Morgan fingerprint density at radius 3 is 2.48 bits per heavy atom. The number of morpholine rings is 1. The SMILES string of the molecule is NC(=O)c1ncn2c(-c3ccccc3)cc(C(=O)Nc3ccccc3N3CCOCC3)nc12. The standard InChI is InChI=1S/C24H22N6O3/c25-22(31)21-23-27-18(14-20(30(23)15-26-21)16-6-2-1-3-7-16)24(32)28-17-8-4-5-9-19(17)29-10-12-33-13-11-29/h1-9,14-15H,10-13H2,(H2,25,31)(H,28,32). The summed E-state index contributed by atoms with van der Waals surface area (Å²) in [6.45, 7) is 2.76. The maximum Gasteiger partial charge on any atom is 0.274 e. The molecule has 0 bridgehead atoms. The molecule has 0 aliphatic carbocycles. The van der Waals surface area contributed by atoms with Crippen LogP contribution in [-0.4, -0.2) is 52.5 Å². The monoisotopic (exact) mass is 442 g/mol. The van der Waals surface area contributed by atoms with E-state index in [4.69, 9.17) is 10.5 Å². The molecular formula is C24H22N6O3. The van der Waals surface area contributed by atoms with Crippen molar-refractivity contribution in [1.82, 2.24) is 14.4 Å². The van der Waals surface area contributed by atoms with Crippen LogP contribution in [-0.2, 0) is 4.74 Å². The van der Waals surface area contributed by atoms with Crippen LogP contribution in [0.25, 0.3) is 16.9 Å². The minimum atomic E-state index is -0.709. The molecule has 1 fully saturated rings. The molecule has 1 saturated heterocycles. The number of nitrogens with zero attached hydrogens (tertiary/aromatic N) is 4. The number of ether oxygens (including phenoxy) is 1. The van der Waals surface area contributed by atoms with Crippen molar-refractivity contribution in [2.45, 2.75) is 0 Å². The summed E-state index contributed by atoms with van der Waals surface area (Å²) in [5.41, 5.74) is 9.01. The Hall–Kier alpha value is -4.24. The lowest BCUT2D eigenvalue weighted by Gasteiger charge is -2.30. The number of nitrogens with two attached hydrogens (primary N) is 1. The van der Waals surface area contributed by atoms with Crippen molar-refractivity contribution in [2.24, 2.45) is 5.73 Å². The molecule has 1 aliphatic rings. The van der Waals surface area contributed by atoms with Crippen molar-refractivity contribution >= 4 is 28.8 Å². The highest BCUT2D eigenvalue weighted by Crippen LogP contribution is 2.28. The van der Waals surface area contributed by atoms with Crippen LogP contribution < -0.4 is 16.0 Å². The number of hydrogen-bond donors (Lipinski definition) is 2. The molecule has 33 heavy (non-hydrogen) atoms. The fourth-order valence-electron chi connectivity index (χ4n) is 3.94. The van der Waals surface area contributed by atoms with Gasteiger partial charge in [0.1, 0.15) is 12.0 Å². The zero-order chi connectivity index (χ0) is 22.8. The molecule has 4 aromatic rings. The number of anilines is 2. The van der Waals surface area contributed by atoms with Crippen LogP contribution in [0.5, 0.6) is 0 Å². The third-order valence-corrected chi connectivity index (χ3v) is 5.54. The minimum Gasteiger partial charge on any atom is -0.378 e. The molecule has 0 unspecified atom stereocenters. The van der Waals surface area contributed by atoms with E-state index in [1.54, 1.807) is 10.5 Å². The summed E-state index contributed by atoms with van der Waals surface area (Å²) in [6.07, 6.45) is 1.49. The summed E-state index contributed by atoms with van der Waals surface area (Å²) in [6, 6.07) is 18.8. The van der Waals surface area contributed by atoms with E-state index < -0.39 is 11.8 Å². The van der Waals surface area contributed by atoms with E-state index in [-0.39, 0.29) is 17.0 Å². The number of hydrogen-bond acceptors (Lipinski definition) is 6. The van der Waals surface area contributed by atoms with E-state index in [1.807, 2.05) is 54.6 Å². The van der Waals surface area contributed by atoms with E-state index in [2.05, 4.69) is 20.2 Å². The number of imidazole rings is 1. The smallest absolute Gasteiger partial charge is 0.274 e. The van der Waals surface area contributed by atoms with Gasteiger partial charge in [-0.2, -0.15) is 0 Å². The van der Waals surface area contributed by atoms with E-state index >= 15 is 0 Å². The molecule has 0 saturated carbocycles. The molecule has 9 heteroatoms. The maximum atomic E-state index is 13.3. The van der Waals surface area contributed by atoms with Crippen molar-refractivity contribution in [3.63, 3.8) is 0 Å². The summed E-state index contributed by atoms with van der Waals surface area (Å²) in [7, 11) is 0. The minimum absolute atomic E-state index is 0.00977. The molecule has 0 spiro atoms. The summed E-state index contributed by atoms with van der Waals surface area (Å²) in [4.78, 5) is 35.9. The van der Waals surface area contributed by atoms with Crippen molar-refractivity contribution < 1.29 is 14.3 Å². The number of nitrogens with one attached hydrogen (secondary N) is 1. The topological polar surface area (TPSA) is 115 Å². The molecule has 3 N–H and O–H groups in total. The van der Waals surface area contributed by atoms with Gasteiger partial charge in [-0.25, -0.2) is 9.97 Å². The van der Waals surface area contributed by atoms with E-state index in [1.165, 1.54) is 6.33 Å². The summed E-state index contributed by atoms with van der Waals surface area (Å²) in [5, 5.41) is 2.98. The Bertz CT molecular complexity index is 1330. The molecule has 2 amide bonds. The predicted molar refractivity (Wildman–Crippen MR) is 124 cm³/mol. The summed E-state index contributed by atoms with van der Waals surface area (Å²) in [5.74, 6) is -1.11. The first-order chi connectivity index (χ1) is 16.1. The van der Waals surface area contributed by atoms with Gasteiger partial charge in [0, 0.05) is 13.1 Å². The number of rotatable bonds is 5. The van der Waals surface area contributed by atoms with Gasteiger partial charge in [0.05, 0.1) is 30.3 Å². The van der Waals surface area contributed by atoms with Gasteiger partial charge in [0.2, 0.25) is 0 Å². The van der Waals surface area contributed by atoms with Crippen LogP contribution in [0.1, 0.15) is 21.0 Å². The second-order valence-electron chi connectivity index (χ2n) is 7.61. The van der Waals surface area contributed by atoms with Gasteiger partial charge in [-0.15, -0.1) is 0 Å². The highest BCUT2D eigenvalue weighted by Gasteiger charge is 2.21. The summed E-state index contributed by atoms with van der Waals surface area (Å²) >= 11 is 0. The zero-order valence-electron chi connectivity index (χ0n) is 17.8. The first kappa shape index (κ1) is 20.7. The van der Waals surface area contributed by atoms with Gasteiger partial charge < -0.3 is 20.7 Å². The van der Waals surface area contributed by atoms with Crippen LogP contribution in [0, 0.1) is 0 Å². The second kappa shape index (κ2) is 8.71. The Balaban J connectivity index is 1.56. The lowest BCUT2D eigenvalue weighted by molar-refractivity contribution is 0.0993. The molecule has 166 valence electrons. The largest absolute Gasteiger partial charge is 0.378 e. The number of fused-ring (bicyclic) bond motifs is 1. The number of carbonyl (C=O) groups excluding carboxylic acids is 2. The summed E-state index contributed by atoms with van der Waals surface area (Å²) < 4.78 is 7.11. The molecule has 2 aromatic heterocycles. The highest BCUT2D eigenvalue weighted by atomic mass is 16.5. The van der Waals surface area contributed by atoms with Crippen LogP contribution in [0.4, 0.5) is 11.4 Å². The molecule has 9 nitrogen and oxygen atoms in total. The average molecular weight is 442 g/mol. The van der Waals surface area contributed by atoms with Crippen LogP contribution in [0.3, 0.4) is 0 Å². The second-order valence-corrected chi connectivity index (χ2v) is 7.61. The molecular weight excluding hydrogens is 420 g/mol. The van der Waals surface area contributed by atoms with E-state index in [0.717, 1.165) is 24.3 Å². The van der Waals surface area contributed by atoms with Gasteiger partial charge in [-0.1, -0.05) is 42.5 Å². The fraction of sp³-hybridized carbons (Fsp3) is 0.167. The molecule has 0 radical (unpaired) electrons. The van der Waals surface area contributed by atoms with E-state index in [0.29, 0.717) is 24.6 Å². The highest BCUT2D eigenvalue weighted by molar-refractivity contribution is 6.06. The van der Waals surface area contributed by atoms with Crippen LogP contribution >= 0.6 is 0 Å².